The second-order valence-corrected chi connectivity index (χ2v) is 4.93. The molecule has 122 valence electrons. The summed E-state index contributed by atoms with van der Waals surface area (Å²) in [4.78, 5) is 26.8. The zero-order chi connectivity index (χ0) is 17.0. The van der Waals surface area contributed by atoms with Gasteiger partial charge in [-0.25, -0.2) is 14.0 Å². The number of hydrogen-bond donors (Lipinski definition) is 3. The average molecular weight is 319 g/mol. The lowest BCUT2D eigenvalue weighted by Crippen LogP contribution is -2.20. The number of urea groups is 1. The first-order valence-corrected chi connectivity index (χ1v) is 7.12. The number of esters is 1. The number of hydrogen-bond acceptors (Lipinski definition) is 3. The number of H-pyrrole nitrogens is 1. The molecule has 6 nitrogen and oxygen atoms in total. The minimum Gasteiger partial charge on any atom is -0.462 e. The Morgan fingerprint density at radius 2 is 1.83 bits per heavy atom. The van der Waals surface area contributed by atoms with Gasteiger partial charge in [0.25, 0.3) is 0 Å². The maximum absolute atomic E-state index is 12.8. The topological polar surface area (TPSA) is 83.2 Å². The Bertz CT molecular complexity index is 723. The Morgan fingerprint density at radius 3 is 2.43 bits per heavy atom. The molecule has 1 aromatic heterocycles. The van der Waals surface area contributed by atoms with Gasteiger partial charge in [-0.1, -0.05) is 0 Å². The molecule has 2 rings (SSSR count). The minimum absolute atomic E-state index is 0.275. The number of anilines is 2. The normalized spacial score (nSPS) is 10.3. The molecule has 1 heterocycles. The molecule has 23 heavy (non-hydrogen) atoms. The summed E-state index contributed by atoms with van der Waals surface area (Å²) in [5.74, 6) is -0.415. The fraction of sp³-hybridized carbons (Fsp3) is 0.250. The second-order valence-electron chi connectivity index (χ2n) is 4.93. The van der Waals surface area contributed by atoms with E-state index in [0.717, 1.165) is 0 Å². The zero-order valence-corrected chi connectivity index (χ0v) is 13.1. The molecule has 0 unspecified atom stereocenters. The number of aryl methyl sites for hydroxylation is 1. The van der Waals surface area contributed by atoms with Crippen LogP contribution in [0.3, 0.4) is 0 Å². The van der Waals surface area contributed by atoms with E-state index in [-0.39, 0.29) is 12.4 Å². The third-order valence-electron chi connectivity index (χ3n) is 3.26. The molecule has 1 aromatic carbocycles. The molecule has 0 fully saturated rings. The number of ether oxygens (including phenoxy) is 1. The van der Waals surface area contributed by atoms with Gasteiger partial charge < -0.3 is 15.0 Å². The fourth-order valence-corrected chi connectivity index (χ4v) is 2.19. The summed E-state index contributed by atoms with van der Waals surface area (Å²) in [6.07, 6.45) is 0. The Morgan fingerprint density at radius 1 is 1.17 bits per heavy atom. The van der Waals surface area contributed by atoms with Crippen molar-refractivity contribution in [2.24, 2.45) is 0 Å². The highest BCUT2D eigenvalue weighted by Crippen LogP contribution is 2.23. The average Bonchev–Trinajstić information content (AvgIpc) is 2.76. The van der Waals surface area contributed by atoms with Gasteiger partial charge in [0.1, 0.15) is 11.6 Å². The molecule has 0 saturated heterocycles. The van der Waals surface area contributed by atoms with E-state index >= 15 is 0 Å². The lowest BCUT2D eigenvalue weighted by atomic mass is 10.1. The molecule has 0 aliphatic carbocycles. The predicted octanol–water partition coefficient (Wildman–Crippen LogP) is 3.59. The van der Waals surface area contributed by atoms with Crippen LogP contribution in [0.25, 0.3) is 0 Å². The van der Waals surface area contributed by atoms with Crippen LogP contribution in [0.15, 0.2) is 24.3 Å². The van der Waals surface area contributed by atoms with E-state index in [9.17, 15) is 14.0 Å². The summed E-state index contributed by atoms with van der Waals surface area (Å²) in [6, 6.07) is 4.89. The van der Waals surface area contributed by atoms with Crippen LogP contribution in [-0.4, -0.2) is 23.6 Å². The highest BCUT2D eigenvalue weighted by Gasteiger charge is 2.20. The Kier molecular flexibility index (Phi) is 5.00. The number of halogens is 1. The Hall–Kier alpha value is -2.83. The van der Waals surface area contributed by atoms with Crippen LogP contribution in [0.1, 0.15) is 28.5 Å². The van der Waals surface area contributed by atoms with E-state index in [2.05, 4.69) is 15.6 Å². The van der Waals surface area contributed by atoms with Crippen molar-refractivity contribution < 1.29 is 18.7 Å². The minimum atomic E-state index is -0.503. The van der Waals surface area contributed by atoms with Crippen LogP contribution in [-0.2, 0) is 4.74 Å². The van der Waals surface area contributed by atoms with Gasteiger partial charge in [-0.2, -0.15) is 0 Å². The largest absolute Gasteiger partial charge is 0.462 e. The molecule has 2 aromatic rings. The van der Waals surface area contributed by atoms with Crippen LogP contribution in [0, 0.1) is 19.7 Å². The molecule has 3 N–H and O–H groups in total. The maximum atomic E-state index is 12.8. The number of nitrogens with one attached hydrogen (secondary N) is 3. The number of carbonyl (C=O) groups excluding carboxylic acids is 2. The summed E-state index contributed by atoms with van der Waals surface area (Å²) in [7, 11) is 0. The number of amides is 2. The predicted molar refractivity (Wildman–Crippen MR) is 85.3 cm³/mol. The Labute approximate surface area is 133 Å². The van der Waals surface area contributed by atoms with Crippen molar-refractivity contribution in [3.8, 4) is 0 Å². The first-order chi connectivity index (χ1) is 10.9. The van der Waals surface area contributed by atoms with E-state index < -0.39 is 12.0 Å². The summed E-state index contributed by atoms with van der Waals surface area (Å²) in [5, 5.41) is 5.20. The number of aromatic nitrogens is 1. The molecule has 7 heteroatoms. The van der Waals surface area contributed by atoms with Gasteiger partial charge in [-0.3, -0.25) is 5.32 Å². The van der Waals surface area contributed by atoms with Crippen molar-refractivity contribution in [1.29, 1.82) is 0 Å². The highest BCUT2D eigenvalue weighted by molar-refractivity contribution is 6.01. The molecule has 0 aliphatic heterocycles. The van der Waals surface area contributed by atoms with Gasteiger partial charge in [0.05, 0.1) is 12.2 Å². The SMILES string of the molecule is CCOC(=O)c1c(C)[nH]c(NC(=O)Nc2ccc(F)cc2)c1C. The molecule has 0 saturated carbocycles. The van der Waals surface area contributed by atoms with Crippen molar-refractivity contribution in [3.63, 3.8) is 0 Å². The van der Waals surface area contributed by atoms with E-state index in [1.807, 2.05) is 0 Å². The van der Waals surface area contributed by atoms with E-state index in [1.54, 1.807) is 20.8 Å². The number of aromatic amines is 1. The summed E-state index contributed by atoms with van der Waals surface area (Å²) >= 11 is 0. The first-order valence-electron chi connectivity index (χ1n) is 7.12. The Balaban J connectivity index is 2.11. The van der Waals surface area contributed by atoms with Crippen molar-refractivity contribution in [2.75, 3.05) is 17.2 Å². The smallest absolute Gasteiger partial charge is 0.340 e. The monoisotopic (exact) mass is 319 g/mol. The summed E-state index contributed by atoms with van der Waals surface area (Å²) in [6.45, 7) is 5.44. The van der Waals surface area contributed by atoms with E-state index in [1.165, 1.54) is 24.3 Å². The lowest BCUT2D eigenvalue weighted by Gasteiger charge is -2.07. The molecule has 0 atom stereocenters. The standard InChI is InChI=1S/C16H18FN3O3/c1-4-23-15(21)13-9(2)14(18-10(13)3)20-16(22)19-12-7-5-11(17)6-8-12/h5-8,18H,4H2,1-3H3,(H2,19,20,22). The van der Waals surface area contributed by atoms with Gasteiger partial charge in [-0.05, 0) is 45.0 Å². The van der Waals surface area contributed by atoms with E-state index in [0.29, 0.717) is 28.3 Å². The molecule has 0 spiro atoms. The van der Waals surface area contributed by atoms with Crippen molar-refractivity contribution in [1.82, 2.24) is 4.98 Å². The molecular formula is C16H18FN3O3. The van der Waals surface area contributed by atoms with Crippen molar-refractivity contribution in [2.45, 2.75) is 20.8 Å². The van der Waals surface area contributed by atoms with Gasteiger partial charge in [0, 0.05) is 16.9 Å². The maximum Gasteiger partial charge on any atom is 0.340 e. The summed E-state index contributed by atoms with van der Waals surface area (Å²) < 4.78 is 17.8. The van der Waals surface area contributed by atoms with Crippen LogP contribution < -0.4 is 10.6 Å². The molecule has 0 radical (unpaired) electrons. The molecule has 2 amide bonds. The van der Waals surface area contributed by atoms with Crippen LogP contribution in [0.2, 0.25) is 0 Å². The third kappa shape index (κ3) is 3.88. The molecule has 0 bridgehead atoms. The van der Waals surface area contributed by atoms with Gasteiger partial charge in [0.15, 0.2) is 0 Å². The lowest BCUT2D eigenvalue weighted by molar-refractivity contribution is 0.0525. The molecule has 0 aliphatic rings. The first kappa shape index (κ1) is 16.5. The fourth-order valence-electron chi connectivity index (χ4n) is 2.19. The zero-order valence-electron chi connectivity index (χ0n) is 13.1. The highest BCUT2D eigenvalue weighted by atomic mass is 19.1. The quantitative estimate of drug-likeness (QED) is 0.753. The number of rotatable bonds is 4. The number of benzene rings is 1. The van der Waals surface area contributed by atoms with Crippen molar-refractivity contribution >= 4 is 23.5 Å². The summed E-state index contributed by atoms with van der Waals surface area (Å²) in [5.41, 5.74) is 2.06. The van der Waals surface area contributed by atoms with Gasteiger partial charge in [-0.15, -0.1) is 0 Å². The molecular weight excluding hydrogens is 301 g/mol. The van der Waals surface area contributed by atoms with Crippen LogP contribution >= 0.6 is 0 Å². The third-order valence-corrected chi connectivity index (χ3v) is 3.26. The van der Waals surface area contributed by atoms with Crippen molar-refractivity contribution in [3.05, 3.63) is 46.9 Å². The van der Waals surface area contributed by atoms with Crippen LogP contribution in [0.4, 0.5) is 20.7 Å². The second kappa shape index (κ2) is 6.95. The number of carbonyl (C=O) groups is 2. The van der Waals surface area contributed by atoms with Crippen LogP contribution in [0.5, 0.6) is 0 Å². The van der Waals surface area contributed by atoms with Gasteiger partial charge >= 0.3 is 12.0 Å². The van der Waals surface area contributed by atoms with E-state index in [4.69, 9.17) is 4.74 Å². The van der Waals surface area contributed by atoms with Gasteiger partial charge in [0.2, 0.25) is 0 Å².